The molecule has 0 spiro atoms. The van der Waals surface area contributed by atoms with E-state index in [-0.39, 0.29) is 18.2 Å². The van der Waals surface area contributed by atoms with E-state index in [4.69, 9.17) is 11.5 Å². The molecule has 0 radical (unpaired) electrons. The zero-order chi connectivity index (χ0) is 19.1. The lowest BCUT2D eigenvalue weighted by Crippen LogP contribution is -2.42. The predicted molar refractivity (Wildman–Crippen MR) is 101 cm³/mol. The number of nitrogens with zero attached hydrogens (tertiary/aromatic N) is 3. The first-order valence-corrected chi connectivity index (χ1v) is 8.57. The first-order chi connectivity index (χ1) is 11.2. The minimum Gasteiger partial charge on any atom is -0.401 e. The van der Waals surface area contributed by atoms with E-state index < -0.39 is 0 Å². The van der Waals surface area contributed by atoms with Crippen molar-refractivity contribution < 1.29 is 9.59 Å². The summed E-state index contributed by atoms with van der Waals surface area (Å²) in [5.41, 5.74) is 11.4. The number of rotatable bonds is 13. The number of primary amides is 1. The van der Waals surface area contributed by atoms with Crippen LogP contribution >= 0.6 is 0 Å². The fourth-order valence-electron chi connectivity index (χ4n) is 2.03. The minimum atomic E-state index is -0.347. The maximum absolute atomic E-state index is 11.7. The maximum atomic E-state index is 11.7. The van der Waals surface area contributed by atoms with Gasteiger partial charge >= 0.3 is 0 Å². The highest BCUT2D eigenvalue weighted by molar-refractivity contribution is 5.80. The Balaban J connectivity index is 0. The van der Waals surface area contributed by atoms with Crippen molar-refractivity contribution in [2.75, 3.05) is 59.9 Å². The molecule has 7 heteroatoms. The third kappa shape index (κ3) is 15.5. The van der Waals surface area contributed by atoms with Gasteiger partial charge < -0.3 is 11.5 Å². The van der Waals surface area contributed by atoms with Gasteiger partial charge in [0.1, 0.15) is 5.78 Å². The van der Waals surface area contributed by atoms with Crippen LogP contribution in [0.3, 0.4) is 0 Å². The normalized spacial score (nSPS) is 10.7. The van der Waals surface area contributed by atoms with Crippen LogP contribution in [0.15, 0.2) is 12.3 Å². The van der Waals surface area contributed by atoms with E-state index >= 15 is 0 Å². The van der Waals surface area contributed by atoms with Crippen molar-refractivity contribution in [3.63, 3.8) is 0 Å². The molecule has 0 saturated heterocycles. The van der Waals surface area contributed by atoms with Crippen molar-refractivity contribution in [1.82, 2.24) is 14.7 Å². The summed E-state index contributed by atoms with van der Waals surface area (Å²) in [6.07, 6.45) is 0.531. The third-order valence-corrected chi connectivity index (χ3v) is 3.29. The van der Waals surface area contributed by atoms with E-state index in [0.717, 1.165) is 13.1 Å². The molecule has 0 saturated carbocycles. The van der Waals surface area contributed by atoms with Crippen LogP contribution in [-0.2, 0) is 9.59 Å². The molecule has 0 aromatic carbocycles. The summed E-state index contributed by atoms with van der Waals surface area (Å²) in [5, 5.41) is 0. The van der Waals surface area contributed by atoms with Gasteiger partial charge in [0.15, 0.2) is 0 Å². The van der Waals surface area contributed by atoms with Gasteiger partial charge in [0.05, 0.1) is 13.1 Å². The van der Waals surface area contributed by atoms with Gasteiger partial charge in [-0.05, 0) is 14.1 Å². The molecule has 0 fully saturated rings. The summed E-state index contributed by atoms with van der Waals surface area (Å²) in [4.78, 5) is 28.6. The second-order valence-electron chi connectivity index (χ2n) is 5.77. The van der Waals surface area contributed by atoms with E-state index in [9.17, 15) is 9.59 Å². The highest BCUT2D eigenvalue weighted by Crippen LogP contribution is 1.96. The maximum Gasteiger partial charge on any atom is 0.231 e. The second-order valence-corrected chi connectivity index (χ2v) is 5.77. The number of nitrogens with two attached hydrogens (primary N) is 2. The molecule has 0 aromatic heterocycles. The van der Waals surface area contributed by atoms with Gasteiger partial charge in [0.2, 0.25) is 5.91 Å². The average Bonchev–Trinajstić information content (AvgIpc) is 2.50. The highest BCUT2D eigenvalue weighted by Gasteiger charge is 2.12. The van der Waals surface area contributed by atoms with E-state index in [1.807, 2.05) is 39.8 Å². The Hall–Kier alpha value is -1.44. The lowest BCUT2D eigenvalue weighted by Gasteiger charge is -2.26. The van der Waals surface area contributed by atoms with E-state index in [0.29, 0.717) is 38.3 Å². The lowest BCUT2D eigenvalue weighted by atomic mass is 10.2. The van der Waals surface area contributed by atoms with Crippen LogP contribution < -0.4 is 11.5 Å². The van der Waals surface area contributed by atoms with Gasteiger partial charge in [-0.3, -0.25) is 24.3 Å². The smallest absolute Gasteiger partial charge is 0.231 e. The fraction of sp³-hybridized carbons (Fsp3) is 0.765. The Labute approximate surface area is 147 Å². The topological polar surface area (TPSA) is 95.9 Å². The van der Waals surface area contributed by atoms with Crippen molar-refractivity contribution in [3.8, 4) is 0 Å². The van der Waals surface area contributed by atoms with E-state index in [2.05, 4.69) is 16.4 Å². The van der Waals surface area contributed by atoms with Crippen LogP contribution in [0.25, 0.3) is 0 Å². The Morgan fingerprint density at radius 2 is 1.33 bits per heavy atom. The van der Waals surface area contributed by atoms with Crippen LogP contribution in [0.2, 0.25) is 0 Å². The zero-order valence-corrected chi connectivity index (χ0v) is 16.2. The number of hydrogen-bond donors (Lipinski definition) is 2. The molecule has 4 N–H and O–H groups in total. The number of carbonyl (C=O) groups is 2. The molecular formula is C17H37N5O2. The molecule has 0 unspecified atom stereocenters. The Bertz CT molecular complexity index is 348. The molecule has 24 heavy (non-hydrogen) atoms. The summed E-state index contributed by atoms with van der Waals surface area (Å²) in [7, 11) is 3.81. The van der Waals surface area contributed by atoms with Crippen LogP contribution in [-0.4, -0.2) is 86.3 Å². The number of ketones is 1. The van der Waals surface area contributed by atoms with Gasteiger partial charge in [0, 0.05) is 44.8 Å². The number of amides is 1. The lowest BCUT2D eigenvalue weighted by molar-refractivity contribution is -0.121. The molecule has 0 heterocycles. The van der Waals surface area contributed by atoms with Gasteiger partial charge in [-0.2, -0.15) is 0 Å². The van der Waals surface area contributed by atoms with Gasteiger partial charge in [-0.15, -0.1) is 0 Å². The number of Topliss-reactive ketones (excluding diaryl/α,β-unsaturated/α-hetero) is 1. The van der Waals surface area contributed by atoms with Crippen LogP contribution in [0, 0.1) is 0 Å². The monoisotopic (exact) mass is 343 g/mol. The van der Waals surface area contributed by atoms with Gasteiger partial charge in [-0.25, -0.2) is 0 Å². The Morgan fingerprint density at radius 3 is 1.71 bits per heavy atom. The summed E-state index contributed by atoms with van der Waals surface area (Å²) in [6, 6.07) is 0. The molecular weight excluding hydrogens is 306 g/mol. The third-order valence-electron chi connectivity index (χ3n) is 3.29. The molecule has 0 atom stereocenters. The quantitative estimate of drug-likeness (QED) is 0.493. The second kappa shape index (κ2) is 15.1. The molecule has 0 aromatic rings. The van der Waals surface area contributed by atoms with E-state index in [1.165, 1.54) is 0 Å². The Kier molecular flexibility index (Phi) is 15.6. The van der Waals surface area contributed by atoms with Crippen molar-refractivity contribution in [3.05, 3.63) is 12.3 Å². The molecule has 142 valence electrons. The molecule has 0 aliphatic heterocycles. The standard InChI is InChI=1S/C15H31N5O2.C2H6/c1-5-14(21)11-20(8-6-18(3)10-13(2)16)9-7-19(4)12-15(17)22;1-2/h2,5-12,16H2,1,3-4H3,(H2,17,22);1-2H3. The largest absolute Gasteiger partial charge is 0.401 e. The molecule has 1 amide bonds. The highest BCUT2D eigenvalue weighted by atomic mass is 16.1. The number of hydrogen-bond acceptors (Lipinski definition) is 6. The minimum absolute atomic E-state index is 0.212. The molecule has 0 bridgehead atoms. The SMILES string of the molecule is C=C(N)CN(C)CCN(CCN(C)CC(N)=O)CC(=O)CC.CC. The summed E-state index contributed by atoms with van der Waals surface area (Å²) < 4.78 is 0. The first-order valence-electron chi connectivity index (χ1n) is 8.57. The number of carbonyl (C=O) groups excluding carboxylic acids is 2. The molecule has 0 aliphatic carbocycles. The Morgan fingerprint density at radius 1 is 0.875 bits per heavy atom. The van der Waals surface area contributed by atoms with Crippen molar-refractivity contribution >= 4 is 11.7 Å². The van der Waals surface area contributed by atoms with E-state index in [1.54, 1.807) is 0 Å². The fourth-order valence-corrected chi connectivity index (χ4v) is 2.03. The zero-order valence-electron chi connectivity index (χ0n) is 16.2. The van der Waals surface area contributed by atoms with Crippen molar-refractivity contribution in [1.29, 1.82) is 0 Å². The summed E-state index contributed by atoms with van der Waals surface area (Å²) in [5.74, 6) is -0.136. The molecule has 0 rings (SSSR count). The van der Waals surface area contributed by atoms with Crippen LogP contribution in [0.1, 0.15) is 27.2 Å². The summed E-state index contributed by atoms with van der Waals surface area (Å²) in [6.45, 7) is 13.8. The van der Waals surface area contributed by atoms with Crippen LogP contribution in [0.4, 0.5) is 0 Å². The van der Waals surface area contributed by atoms with Gasteiger partial charge in [0.25, 0.3) is 0 Å². The molecule has 7 nitrogen and oxygen atoms in total. The predicted octanol–water partition coefficient (Wildman–Crippen LogP) is 0.115. The number of likely N-dealkylation sites (N-methyl/N-ethyl adjacent to an activating group) is 2. The van der Waals surface area contributed by atoms with Crippen molar-refractivity contribution in [2.45, 2.75) is 27.2 Å². The summed E-state index contributed by atoms with van der Waals surface area (Å²) >= 11 is 0. The first kappa shape index (κ1) is 24.8. The average molecular weight is 344 g/mol. The van der Waals surface area contributed by atoms with Crippen LogP contribution in [0.5, 0.6) is 0 Å². The van der Waals surface area contributed by atoms with Gasteiger partial charge in [-0.1, -0.05) is 27.4 Å². The van der Waals surface area contributed by atoms with Crippen molar-refractivity contribution in [2.24, 2.45) is 11.5 Å². The molecule has 0 aliphatic rings.